The summed E-state index contributed by atoms with van der Waals surface area (Å²) in [5, 5.41) is 12.4. The highest BCUT2D eigenvalue weighted by Gasteiger charge is 2.29. The average molecular weight is 577 g/mol. The van der Waals surface area contributed by atoms with Crippen molar-refractivity contribution < 1.29 is 19.1 Å². The number of nitriles is 1. The first-order valence-electron chi connectivity index (χ1n) is 14.4. The zero-order chi connectivity index (χ0) is 29.4. The summed E-state index contributed by atoms with van der Waals surface area (Å²) in [6.45, 7) is 9.70. The highest BCUT2D eigenvalue weighted by atomic mass is 28.2. The number of allylic oxidation sites excluding steroid dienone is 2. The summed E-state index contributed by atoms with van der Waals surface area (Å²) in [6, 6.07) is 6.85. The number of piperidine rings is 1. The first-order valence-corrected chi connectivity index (χ1v) is 16.1. The van der Waals surface area contributed by atoms with Gasteiger partial charge in [-0.2, -0.15) is 5.26 Å². The topological polar surface area (TPSA) is 122 Å². The molecule has 3 heterocycles. The van der Waals surface area contributed by atoms with Crippen molar-refractivity contribution in [3.63, 3.8) is 0 Å². The molecule has 1 N–H and O–H groups in total. The molecule has 0 saturated carbocycles. The van der Waals surface area contributed by atoms with Crippen molar-refractivity contribution >= 4 is 32.8 Å². The number of anilines is 1. The monoisotopic (exact) mass is 576 g/mol. The Balaban J connectivity index is 1.52. The molecule has 2 radical (unpaired) electrons. The van der Waals surface area contributed by atoms with E-state index in [1.165, 1.54) is 0 Å². The average Bonchev–Trinajstić information content (AvgIpc) is 3.39. The zero-order valence-electron chi connectivity index (χ0n) is 24.5. The summed E-state index contributed by atoms with van der Waals surface area (Å²) in [6.07, 6.45) is 9.17. The predicted molar refractivity (Wildman–Crippen MR) is 158 cm³/mol. The number of pyridine rings is 1. The van der Waals surface area contributed by atoms with Gasteiger partial charge in [0.2, 0.25) is 5.82 Å². The molecule has 1 fully saturated rings. The fraction of sp³-hybridized carbons (Fsp3) is 0.567. The third-order valence-electron chi connectivity index (χ3n) is 7.15. The molecule has 0 aromatic carbocycles. The number of imidazole rings is 1. The van der Waals surface area contributed by atoms with Gasteiger partial charge < -0.3 is 24.3 Å². The molecule has 1 saturated heterocycles. The number of nitrogens with one attached hydrogen (secondary N) is 1. The highest BCUT2D eigenvalue weighted by Crippen LogP contribution is 2.34. The molecule has 4 rings (SSSR count). The van der Waals surface area contributed by atoms with Gasteiger partial charge in [0.1, 0.15) is 18.4 Å². The maximum Gasteiger partial charge on any atom is 0.410 e. The normalized spacial score (nSPS) is 16.2. The fourth-order valence-corrected chi connectivity index (χ4v) is 5.40. The molecule has 2 amide bonds. The van der Waals surface area contributed by atoms with Gasteiger partial charge in [-0.3, -0.25) is 9.78 Å². The molecule has 0 atom stereocenters. The van der Waals surface area contributed by atoms with E-state index in [-0.39, 0.29) is 30.3 Å². The van der Waals surface area contributed by atoms with Gasteiger partial charge in [0.05, 0.1) is 11.4 Å². The number of ether oxygens (including phenoxy) is 2. The first-order chi connectivity index (χ1) is 19.7. The van der Waals surface area contributed by atoms with Crippen LogP contribution in [-0.2, 0) is 16.2 Å². The largest absolute Gasteiger partial charge is 0.444 e. The van der Waals surface area contributed by atoms with Gasteiger partial charge >= 0.3 is 6.09 Å². The number of rotatable bonds is 9. The van der Waals surface area contributed by atoms with Gasteiger partial charge in [0.25, 0.3) is 5.91 Å². The van der Waals surface area contributed by atoms with Crippen molar-refractivity contribution in [1.29, 1.82) is 5.26 Å². The standard InChI is InChI=1S/C30H40N6O4Si/c1-30(2,3)40-29(38)35-14-12-21(13-15-35)24-10-11-25(26(33-24)22-8-6-5-7-9-22)34-28(37)27-32-23(18-31)19-36(27)20-39-16-17-41-4/h8,10-11,19,21H,5-7,9,12-17,20H2,1-4H3,(H,34,37). The Bertz CT molecular complexity index is 1300. The summed E-state index contributed by atoms with van der Waals surface area (Å²) >= 11 is 0. The number of aromatic nitrogens is 3. The van der Waals surface area contributed by atoms with Crippen LogP contribution in [0.25, 0.3) is 5.57 Å². The van der Waals surface area contributed by atoms with Crippen molar-refractivity contribution in [2.75, 3.05) is 25.0 Å². The Morgan fingerprint density at radius 2 is 1.98 bits per heavy atom. The van der Waals surface area contributed by atoms with Crippen LogP contribution in [0.15, 0.2) is 24.4 Å². The van der Waals surface area contributed by atoms with Crippen LogP contribution in [0.5, 0.6) is 0 Å². The SMILES string of the molecule is C[Si]CCOCn1cc(C#N)nc1C(=O)Nc1ccc(C2CCN(C(=O)OC(C)(C)C)CC2)nc1C1=CCCCC1. The Kier molecular flexibility index (Phi) is 10.3. The summed E-state index contributed by atoms with van der Waals surface area (Å²) in [5.74, 6) is -0.0765. The quantitative estimate of drug-likeness (QED) is 0.304. The van der Waals surface area contributed by atoms with E-state index in [1.807, 2.05) is 39.0 Å². The third kappa shape index (κ3) is 8.27. The molecule has 1 aliphatic carbocycles. The van der Waals surface area contributed by atoms with Crippen LogP contribution < -0.4 is 5.32 Å². The molecule has 11 heteroatoms. The molecule has 2 aromatic rings. The molecular formula is C30H40N6O4Si. The molecule has 41 heavy (non-hydrogen) atoms. The van der Waals surface area contributed by atoms with Gasteiger partial charge in [-0.1, -0.05) is 12.6 Å². The second-order valence-corrected chi connectivity index (χ2v) is 12.7. The lowest BCUT2D eigenvalue weighted by molar-refractivity contribution is 0.0204. The minimum atomic E-state index is -0.520. The highest BCUT2D eigenvalue weighted by molar-refractivity contribution is 6.33. The zero-order valence-corrected chi connectivity index (χ0v) is 25.5. The van der Waals surface area contributed by atoms with E-state index in [4.69, 9.17) is 14.5 Å². The summed E-state index contributed by atoms with van der Waals surface area (Å²) in [5.41, 5.74) is 3.14. The lowest BCUT2D eigenvalue weighted by Gasteiger charge is -2.33. The van der Waals surface area contributed by atoms with Gasteiger partial charge in [0, 0.05) is 47.0 Å². The Morgan fingerprint density at radius 3 is 2.63 bits per heavy atom. The molecule has 218 valence electrons. The van der Waals surface area contributed by atoms with Crippen molar-refractivity contribution in [3.05, 3.63) is 47.3 Å². The number of carbonyl (C=O) groups excluding carboxylic acids is 2. The van der Waals surface area contributed by atoms with Crippen LogP contribution in [0.3, 0.4) is 0 Å². The molecule has 0 unspecified atom stereocenters. The van der Waals surface area contributed by atoms with Gasteiger partial charge in [-0.15, -0.1) is 0 Å². The van der Waals surface area contributed by atoms with E-state index in [0.29, 0.717) is 25.4 Å². The van der Waals surface area contributed by atoms with Gasteiger partial charge in [-0.05, 0) is 83.0 Å². The number of amides is 2. The lowest BCUT2D eigenvalue weighted by atomic mass is 9.91. The third-order valence-corrected chi connectivity index (χ3v) is 7.85. The van der Waals surface area contributed by atoms with Crippen molar-refractivity contribution in [1.82, 2.24) is 19.4 Å². The smallest absolute Gasteiger partial charge is 0.410 e. The number of hydrogen-bond donors (Lipinski definition) is 1. The van der Waals surface area contributed by atoms with Gasteiger partial charge in [0.15, 0.2) is 5.69 Å². The maximum absolute atomic E-state index is 13.4. The van der Waals surface area contributed by atoms with E-state index < -0.39 is 11.5 Å². The van der Waals surface area contributed by atoms with Crippen LogP contribution in [0.1, 0.15) is 92.9 Å². The van der Waals surface area contributed by atoms with Crippen LogP contribution in [0, 0.1) is 11.3 Å². The number of likely N-dealkylation sites (tertiary alicyclic amines) is 1. The van der Waals surface area contributed by atoms with Crippen LogP contribution in [-0.4, -0.2) is 66.3 Å². The van der Waals surface area contributed by atoms with Gasteiger partial charge in [-0.25, -0.2) is 9.78 Å². The van der Waals surface area contributed by atoms with Crippen LogP contribution in [0.2, 0.25) is 12.6 Å². The van der Waals surface area contributed by atoms with E-state index in [1.54, 1.807) is 15.7 Å². The van der Waals surface area contributed by atoms with E-state index in [0.717, 1.165) is 71.0 Å². The van der Waals surface area contributed by atoms with Crippen LogP contribution in [0.4, 0.5) is 10.5 Å². The molecule has 10 nitrogen and oxygen atoms in total. The first kappa shape index (κ1) is 30.5. The van der Waals surface area contributed by atoms with Crippen molar-refractivity contribution in [3.8, 4) is 6.07 Å². The molecule has 0 spiro atoms. The second kappa shape index (κ2) is 13.9. The predicted octanol–water partition coefficient (Wildman–Crippen LogP) is 5.62. The van der Waals surface area contributed by atoms with Crippen molar-refractivity contribution in [2.24, 2.45) is 0 Å². The van der Waals surface area contributed by atoms with E-state index in [2.05, 4.69) is 22.9 Å². The number of hydrogen-bond acceptors (Lipinski definition) is 7. The molecular weight excluding hydrogens is 536 g/mol. The molecule has 1 aliphatic heterocycles. The molecule has 2 aliphatic rings. The lowest BCUT2D eigenvalue weighted by Crippen LogP contribution is -2.41. The Morgan fingerprint density at radius 1 is 1.20 bits per heavy atom. The summed E-state index contributed by atoms with van der Waals surface area (Å²) < 4.78 is 12.8. The minimum Gasteiger partial charge on any atom is -0.444 e. The van der Waals surface area contributed by atoms with Crippen LogP contribution >= 0.6 is 0 Å². The number of nitrogens with zero attached hydrogens (tertiary/aromatic N) is 5. The number of carbonyl (C=O) groups is 2. The Hall–Kier alpha value is -3.49. The Labute approximate surface area is 245 Å². The summed E-state index contributed by atoms with van der Waals surface area (Å²) in [7, 11) is 0.783. The second-order valence-electron chi connectivity index (χ2n) is 11.5. The summed E-state index contributed by atoms with van der Waals surface area (Å²) in [4.78, 5) is 37.0. The van der Waals surface area contributed by atoms with E-state index >= 15 is 0 Å². The molecule has 2 aromatic heterocycles. The minimum absolute atomic E-state index is 0.127. The molecule has 0 bridgehead atoms. The fourth-order valence-electron chi connectivity index (χ4n) is 5.05. The van der Waals surface area contributed by atoms with Crippen molar-refractivity contribution in [2.45, 2.75) is 90.1 Å². The van der Waals surface area contributed by atoms with E-state index in [9.17, 15) is 14.9 Å². The maximum atomic E-state index is 13.4.